The molecule has 0 saturated carbocycles. The number of aromatic amines is 1. The number of hydrogen-bond acceptors (Lipinski definition) is 3. The number of sulfonamides is 1. The van der Waals surface area contributed by atoms with E-state index in [1.54, 1.807) is 36.4 Å². The summed E-state index contributed by atoms with van der Waals surface area (Å²) in [6, 6.07) is 13.4. The number of pyridine rings is 1. The van der Waals surface area contributed by atoms with Gasteiger partial charge in [-0.2, -0.15) is 0 Å². The van der Waals surface area contributed by atoms with Crippen molar-refractivity contribution in [3.63, 3.8) is 0 Å². The summed E-state index contributed by atoms with van der Waals surface area (Å²) in [4.78, 5) is 15.7. The fraction of sp³-hybridized carbons (Fsp3) is 0.286. The number of aromatic nitrogens is 1. The first-order valence-electron chi connectivity index (χ1n) is 9.06. The summed E-state index contributed by atoms with van der Waals surface area (Å²) in [5.74, 6) is 0.509. The Morgan fingerprint density at radius 2 is 1.74 bits per heavy atom. The normalized spacial score (nSPS) is 11.9. The Hall–Kier alpha value is -2.60. The van der Waals surface area contributed by atoms with Gasteiger partial charge in [0.25, 0.3) is 10.0 Å². The molecule has 1 aromatic heterocycles. The predicted molar refractivity (Wildman–Crippen MR) is 110 cm³/mol. The van der Waals surface area contributed by atoms with E-state index in [2.05, 4.69) is 23.6 Å². The Morgan fingerprint density at radius 1 is 1.04 bits per heavy atom. The Bertz CT molecular complexity index is 1110. The molecule has 0 bridgehead atoms. The van der Waals surface area contributed by atoms with Gasteiger partial charge in [-0.1, -0.05) is 32.9 Å². The number of hydrogen-bond donors (Lipinski definition) is 2. The highest BCUT2D eigenvalue weighted by Crippen LogP contribution is 2.20. The van der Waals surface area contributed by atoms with Crippen molar-refractivity contribution in [2.45, 2.75) is 38.5 Å². The van der Waals surface area contributed by atoms with Crippen LogP contribution >= 0.6 is 0 Å². The van der Waals surface area contributed by atoms with Crippen molar-refractivity contribution in [2.75, 3.05) is 4.72 Å². The minimum absolute atomic E-state index is 0.125. The number of benzene rings is 2. The van der Waals surface area contributed by atoms with Gasteiger partial charge in [-0.3, -0.25) is 9.52 Å². The van der Waals surface area contributed by atoms with Gasteiger partial charge in [0.15, 0.2) is 5.43 Å². The van der Waals surface area contributed by atoms with Gasteiger partial charge in [0.2, 0.25) is 0 Å². The molecule has 0 fully saturated rings. The first-order chi connectivity index (χ1) is 12.8. The number of anilines is 1. The molecule has 2 aromatic carbocycles. The largest absolute Gasteiger partial charge is 0.358 e. The van der Waals surface area contributed by atoms with Gasteiger partial charge in [-0.05, 0) is 54.7 Å². The monoisotopic (exact) mass is 384 g/mol. The molecular formula is C21H24N2O3S. The molecule has 0 aliphatic heterocycles. The van der Waals surface area contributed by atoms with Crippen molar-refractivity contribution in [1.29, 1.82) is 0 Å². The molecule has 0 spiro atoms. The SMILES string of the molecule is CCc1cc(=O)c2cc(NS(=O)(=O)c3ccc(CC(C)C)cc3)ccc2[nH]1. The fourth-order valence-corrected chi connectivity index (χ4v) is 4.10. The molecule has 0 amide bonds. The number of rotatable bonds is 6. The maximum absolute atomic E-state index is 12.7. The van der Waals surface area contributed by atoms with Crippen LogP contribution in [0.5, 0.6) is 0 Å². The minimum atomic E-state index is -3.72. The zero-order valence-corrected chi connectivity index (χ0v) is 16.6. The van der Waals surface area contributed by atoms with Gasteiger partial charge in [-0.15, -0.1) is 0 Å². The molecule has 5 nitrogen and oxygen atoms in total. The maximum atomic E-state index is 12.7. The van der Waals surface area contributed by atoms with Crippen LogP contribution in [0.1, 0.15) is 32.0 Å². The van der Waals surface area contributed by atoms with Crippen molar-refractivity contribution in [2.24, 2.45) is 5.92 Å². The summed E-state index contributed by atoms with van der Waals surface area (Å²) in [6.07, 6.45) is 1.63. The average Bonchev–Trinajstić information content (AvgIpc) is 2.61. The summed E-state index contributed by atoms with van der Waals surface area (Å²) >= 11 is 0. The van der Waals surface area contributed by atoms with Gasteiger partial charge in [0, 0.05) is 28.4 Å². The zero-order valence-electron chi connectivity index (χ0n) is 15.7. The Balaban J connectivity index is 1.89. The van der Waals surface area contributed by atoms with E-state index in [-0.39, 0.29) is 10.3 Å². The molecule has 1 heterocycles. The molecule has 0 aliphatic carbocycles. The number of H-pyrrole nitrogens is 1. The first kappa shape index (κ1) is 19.2. The molecule has 0 atom stereocenters. The zero-order chi connectivity index (χ0) is 19.6. The van der Waals surface area contributed by atoms with Crippen LogP contribution in [-0.4, -0.2) is 13.4 Å². The molecule has 0 radical (unpaired) electrons. The molecule has 3 rings (SSSR count). The third-order valence-corrected chi connectivity index (χ3v) is 5.79. The van der Waals surface area contributed by atoms with Gasteiger partial charge < -0.3 is 4.98 Å². The van der Waals surface area contributed by atoms with Gasteiger partial charge in [0.1, 0.15) is 0 Å². The van der Waals surface area contributed by atoms with Crippen LogP contribution in [0.3, 0.4) is 0 Å². The van der Waals surface area contributed by atoms with Crippen molar-refractivity contribution >= 4 is 26.6 Å². The molecule has 142 valence electrons. The molecule has 0 saturated heterocycles. The summed E-state index contributed by atoms with van der Waals surface area (Å²) in [6.45, 7) is 6.21. The van der Waals surface area contributed by atoms with E-state index in [4.69, 9.17) is 0 Å². The summed E-state index contributed by atoms with van der Waals surface area (Å²) < 4.78 is 27.9. The van der Waals surface area contributed by atoms with Gasteiger partial charge in [0.05, 0.1) is 4.90 Å². The van der Waals surface area contributed by atoms with E-state index in [1.165, 1.54) is 0 Å². The topological polar surface area (TPSA) is 79.0 Å². The number of aryl methyl sites for hydroxylation is 1. The lowest BCUT2D eigenvalue weighted by Crippen LogP contribution is -2.13. The molecule has 0 unspecified atom stereocenters. The van der Waals surface area contributed by atoms with Gasteiger partial charge in [-0.25, -0.2) is 8.42 Å². The first-order valence-corrected chi connectivity index (χ1v) is 10.5. The fourth-order valence-electron chi connectivity index (χ4n) is 3.05. The Kier molecular flexibility index (Phi) is 5.37. The summed E-state index contributed by atoms with van der Waals surface area (Å²) in [7, 11) is -3.72. The third-order valence-electron chi connectivity index (χ3n) is 4.40. The molecule has 0 aliphatic rings. The van der Waals surface area contributed by atoms with Crippen LogP contribution in [0.15, 0.2) is 58.2 Å². The second-order valence-corrected chi connectivity index (χ2v) is 8.80. The Labute approximate surface area is 159 Å². The van der Waals surface area contributed by atoms with E-state index < -0.39 is 10.0 Å². The van der Waals surface area contributed by atoms with Crippen LogP contribution in [0.25, 0.3) is 10.9 Å². The van der Waals surface area contributed by atoms with E-state index in [0.717, 1.165) is 24.1 Å². The van der Waals surface area contributed by atoms with Crippen LogP contribution in [0.4, 0.5) is 5.69 Å². The quantitative estimate of drug-likeness (QED) is 0.672. The van der Waals surface area contributed by atoms with Crippen molar-refractivity contribution in [1.82, 2.24) is 4.98 Å². The van der Waals surface area contributed by atoms with Crippen molar-refractivity contribution < 1.29 is 8.42 Å². The lowest BCUT2D eigenvalue weighted by atomic mass is 10.0. The van der Waals surface area contributed by atoms with Crippen molar-refractivity contribution in [3.05, 3.63) is 70.0 Å². The lowest BCUT2D eigenvalue weighted by Gasteiger charge is -2.11. The van der Waals surface area contributed by atoms with Crippen LogP contribution < -0.4 is 10.2 Å². The van der Waals surface area contributed by atoms with Crippen LogP contribution in [-0.2, 0) is 22.9 Å². The minimum Gasteiger partial charge on any atom is -0.358 e. The number of nitrogens with one attached hydrogen (secondary N) is 2. The maximum Gasteiger partial charge on any atom is 0.261 e. The molecule has 3 aromatic rings. The van der Waals surface area contributed by atoms with Gasteiger partial charge >= 0.3 is 0 Å². The number of fused-ring (bicyclic) bond motifs is 1. The Morgan fingerprint density at radius 3 is 2.37 bits per heavy atom. The summed E-state index contributed by atoms with van der Waals surface area (Å²) in [5.41, 5.74) is 2.89. The predicted octanol–water partition coefficient (Wildman–Crippen LogP) is 4.09. The van der Waals surface area contributed by atoms with E-state index in [0.29, 0.717) is 22.5 Å². The van der Waals surface area contributed by atoms with E-state index in [1.807, 2.05) is 19.1 Å². The third kappa shape index (κ3) is 4.39. The van der Waals surface area contributed by atoms with Crippen molar-refractivity contribution in [3.8, 4) is 0 Å². The summed E-state index contributed by atoms with van der Waals surface area (Å²) in [5, 5.41) is 0.458. The highest BCUT2D eigenvalue weighted by atomic mass is 32.2. The second-order valence-electron chi connectivity index (χ2n) is 7.12. The highest BCUT2D eigenvalue weighted by molar-refractivity contribution is 7.92. The molecule has 2 N–H and O–H groups in total. The smallest absolute Gasteiger partial charge is 0.261 e. The van der Waals surface area contributed by atoms with E-state index >= 15 is 0 Å². The molecular weight excluding hydrogens is 360 g/mol. The standard InChI is InChI=1S/C21H24N2O3S/c1-4-16-13-21(24)19-12-17(7-10-20(19)22-16)23-27(25,26)18-8-5-15(6-9-18)11-14(2)3/h5-10,12-14,23H,4,11H2,1-3H3,(H,22,24). The average molecular weight is 385 g/mol. The molecule has 27 heavy (non-hydrogen) atoms. The van der Waals surface area contributed by atoms with Crippen LogP contribution in [0, 0.1) is 5.92 Å². The highest BCUT2D eigenvalue weighted by Gasteiger charge is 2.15. The van der Waals surface area contributed by atoms with Crippen LogP contribution in [0.2, 0.25) is 0 Å². The molecule has 6 heteroatoms. The van der Waals surface area contributed by atoms with E-state index in [9.17, 15) is 13.2 Å². The second kappa shape index (κ2) is 7.56. The lowest BCUT2D eigenvalue weighted by molar-refractivity contribution is 0.601.